The zero-order chi connectivity index (χ0) is 15.5. The largest absolute Gasteiger partial charge is 0.496 e. The van der Waals surface area contributed by atoms with Gasteiger partial charge in [-0.3, -0.25) is 0 Å². The Labute approximate surface area is 130 Å². The molecule has 2 heteroatoms. The molecule has 0 fully saturated rings. The van der Waals surface area contributed by atoms with E-state index in [1.54, 1.807) is 13.2 Å². The molecule has 1 aliphatic rings. The molecule has 0 bridgehead atoms. The number of methoxy groups -OCH3 is 1. The predicted octanol–water partition coefficient (Wildman–Crippen LogP) is 5.37. The molecular formula is C20H19FO. The minimum absolute atomic E-state index is 0.181. The highest BCUT2D eigenvalue weighted by Crippen LogP contribution is 2.39. The average molecular weight is 294 g/mol. The van der Waals surface area contributed by atoms with Crippen molar-refractivity contribution in [3.8, 4) is 0 Å². The lowest BCUT2D eigenvalue weighted by molar-refractivity contribution is 0.308. The molecule has 0 saturated carbocycles. The lowest BCUT2D eigenvalue weighted by Gasteiger charge is -2.22. The maximum Gasteiger partial charge on any atom is 0.130 e. The summed E-state index contributed by atoms with van der Waals surface area (Å²) in [6, 6.07) is 15.3. The number of aryl methyl sites for hydroxylation is 1. The van der Waals surface area contributed by atoms with Gasteiger partial charge in [0, 0.05) is 11.1 Å². The summed E-state index contributed by atoms with van der Waals surface area (Å²) in [5, 5.41) is 0. The fourth-order valence-electron chi connectivity index (χ4n) is 2.92. The molecule has 0 spiro atoms. The standard InChI is InChI=1S/C20H19FO/c1-14-10-12-15(13-11-14)20-17(7-5-9-19(20)22-2)16-6-3-4-8-18(16)21/h3-4,6,8-13H,5,7H2,1-2H3. The molecule has 0 heterocycles. The van der Waals surface area contributed by atoms with E-state index >= 15 is 0 Å². The zero-order valence-corrected chi connectivity index (χ0v) is 12.9. The van der Waals surface area contributed by atoms with Gasteiger partial charge in [-0.1, -0.05) is 48.0 Å². The van der Waals surface area contributed by atoms with Crippen LogP contribution in [-0.2, 0) is 4.74 Å². The van der Waals surface area contributed by atoms with E-state index in [0.717, 1.165) is 35.3 Å². The van der Waals surface area contributed by atoms with E-state index < -0.39 is 0 Å². The van der Waals surface area contributed by atoms with E-state index in [4.69, 9.17) is 4.74 Å². The summed E-state index contributed by atoms with van der Waals surface area (Å²) >= 11 is 0. The van der Waals surface area contributed by atoms with E-state index in [1.165, 1.54) is 11.6 Å². The second-order valence-corrected chi connectivity index (χ2v) is 5.51. The van der Waals surface area contributed by atoms with Gasteiger partial charge in [-0.15, -0.1) is 0 Å². The van der Waals surface area contributed by atoms with Gasteiger partial charge in [-0.05, 0) is 43.0 Å². The summed E-state index contributed by atoms with van der Waals surface area (Å²) in [6.07, 6.45) is 3.76. The fourth-order valence-corrected chi connectivity index (χ4v) is 2.92. The van der Waals surface area contributed by atoms with E-state index in [9.17, 15) is 4.39 Å². The van der Waals surface area contributed by atoms with Crippen LogP contribution in [0.5, 0.6) is 0 Å². The Kier molecular flexibility index (Phi) is 4.10. The van der Waals surface area contributed by atoms with Crippen LogP contribution in [0.1, 0.15) is 29.5 Å². The predicted molar refractivity (Wildman–Crippen MR) is 88.7 cm³/mol. The smallest absolute Gasteiger partial charge is 0.130 e. The lowest BCUT2D eigenvalue weighted by Crippen LogP contribution is -2.04. The van der Waals surface area contributed by atoms with Crippen molar-refractivity contribution < 1.29 is 9.13 Å². The van der Waals surface area contributed by atoms with Crippen LogP contribution in [-0.4, -0.2) is 7.11 Å². The van der Waals surface area contributed by atoms with Crippen LogP contribution in [0.15, 0.2) is 60.4 Å². The highest BCUT2D eigenvalue weighted by Gasteiger charge is 2.21. The minimum atomic E-state index is -0.181. The molecule has 1 nitrogen and oxygen atoms in total. The number of halogens is 1. The topological polar surface area (TPSA) is 9.23 Å². The van der Waals surface area contributed by atoms with Gasteiger partial charge in [0.05, 0.1) is 7.11 Å². The molecule has 0 aromatic heterocycles. The van der Waals surface area contributed by atoms with Gasteiger partial charge in [0.2, 0.25) is 0 Å². The third-order valence-electron chi connectivity index (χ3n) is 4.03. The third kappa shape index (κ3) is 2.69. The van der Waals surface area contributed by atoms with Crippen LogP contribution in [0.3, 0.4) is 0 Å². The van der Waals surface area contributed by atoms with Crippen molar-refractivity contribution in [1.82, 2.24) is 0 Å². The van der Waals surface area contributed by atoms with Crippen LogP contribution in [0.2, 0.25) is 0 Å². The number of hydrogen-bond acceptors (Lipinski definition) is 1. The van der Waals surface area contributed by atoms with Gasteiger partial charge in [0.1, 0.15) is 11.6 Å². The monoisotopic (exact) mass is 294 g/mol. The highest BCUT2D eigenvalue weighted by atomic mass is 19.1. The molecule has 0 aliphatic heterocycles. The van der Waals surface area contributed by atoms with Crippen LogP contribution in [0.25, 0.3) is 11.1 Å². The van der Waals surface area contributed by atoms with Gasteiger partial charge in [-0.25, -0.2) is 4.39 Å². The minimum Gasteiger partial charge on any atom is -0.496 e. The summed E-state index contributed by atoms with van der Waals surface area (Å²) in [5.41, 5.74) is 4.95. The Hall–Kier alpha value is -2.35. The molecule has 112 valence electrons. The summed E-state index contributed by atoms with van der Waals surface area (Å²) in [7, 11) is 1.67. The summed E-state index contributed by atoms with van der Waals surface area (Å²) in [6.45, 7) is 2.06. The number of ether oxygens (including phenoxy) is 1. The number of allylic oxidation sites excluding steroid dienone is 3. The van der Waals surface area contributed by atoms with E-state index in [-0.39, 0.29) is 5.82 Å². The van der Waals surface area contributed by atoms with E-state index in [0.29, 0.717) is 5.56 Å². The Balaban J connectivity index is 2.22. The van der Waals surface area contributed by atoms with Crippen molar-refractivity contribution in [2.75, 3.05) is 7.11 Å². The molecule has 2 aromatic carbocycles. The Bertz CT molecular complexity index is 739. The molecule has 0 saturated heterocycles. The Morgan fingerprint density at radius 2 is 1.73 bits per heavy atom. The molecule has 0 atom stereocenters. The summed E-state index contributed by atoms with van der Waals surface area (Å²) < 4.78 is 19.8. The third-order valence-corrected chi connectivity index (χ3v) is 4.03. The maximum absolute atomic E-state index is 14.3. The van der Waals surface area contributed by atoms with Gasteiger partial charge >= 0.3 is 0 Å². The fraction of sp³-hybridized carbons (Fsp3) is 0.200. The first-order valence-electron chi connectivity index (χ1n) is 7.50. The highest BCUT2D eigenvalue weighted by molar-refractivity contribution is 5.98. The first kappa shape index (κ1) is 14.6. The van der Waals surface area contributed by atoms with Crippen molar-refractivity contribution in [1.29, 1.82) is 0 Å². The quantitative estimate of drug-likeness (QED) is 0.739. The number of benzene rings is 2. The molecule has 1 aliphatic carbocycles. The van der Waals surface area contributed by atoms with Crippen molar-refractivity contribution >= 4 is 11.1 Å². The van der Waals surface area contributed by atoms with Crippen LogP contribution in [0.4, 0.5) is 4.39 Å². The zero-order valence-electron chi connectivity index (χ0n) is 12.9. The van der Waals surface area contributed by atoms with Crippen LogP contribution < -0.4 is 0 Å². The van der Waals surface area contributed by atoms with Gasteiger partial charge in [0.15, 0.2) is 0 Å². The number of rotatable bonds is 3. The summed E-state index contributed by atoms with van der Waals surface area (Å²) in [4.78, 5) is 0. The van der Waals surface area contributed by atoms with Crippen molar-refractivity contribution in [3.63, 3.8) is 0 Å². The molecule has 22 heavy (non-hydrogen) atoms. The molecular weight excluding hydrogens is 275 g/mol. The van der Waals surface area contributed by atoms with Crippen molar-refractivity contribution in [3.05, 3.63) is 82.9 Å². The molecule has 2 aromatic rings. The lowest BCUT2D eigenvalue weighted by atomic mass is 9.86. The maximum atomic E-state index is 14.3. The SMILES string of the molecule is COC1=CCCC(c2ccccc2F)=C1c1ccc(C)cc1. The first-order valence-corrected chi connectivity index (χ1v) is 7.50. The van der Waals surface area contributed by atoms with Crippen molar-refractivity contribution in [2.45, 2.75) is 19.8 Å². The van der Waals surface area contributed by atoms with Gasteiger partial charge < -0.3 is 4.74 Å². The molecule has 3 rings (SSSR count). The second-order valence-electron chi connectivity index (χ2n) is 5.51. The van der Waals surface area contributed by atoms with E-state index in [1.807, 2.05) is 12.1 Å². The second kappa shape index (κ2) is 6.18. The first-order chi connectivity index (χ1) is 10.7. The normalized spacial score (nSPS) is 14.8. The Morgan fingerprint density at radius 3 is 2.41 bits per heavy atom. The summed E-state index contributed by atoms with van der Waals surface area (Å²) in [5.74, 6) is 0.646. The molecule has 0 unspecified atom stereocenters. The Morgan fingerprint density at radius 1 is 1.00 bits per heavy atom. The van der Waals surface area contributed by atoms with Gasteiger partial charge in [-0.2, -0.15) is 0 Å². The van der Waals surface area contributed by atoms with Crippen LogP contribution in [0, 0.1) is 12.7 Å². The van der Waals surface area contributed by atoms with Crippen molar-refractivity contribution in [2.24, 2.45) is 0 Å². The van der Waals surface area contributed by atoms with Gasteiger partial charge in [0.25, 0.3) is 0 Å². The average Bonchev–Trinajstić information content (AvgIpc) is 2.55. The van der Waals surface area contributed by atoms with E-state index in [2.05, 4.69) is 37.3 Å². The number of hydrogen-bond donors (Lipinski definition) is 0. The molecule has 0 radical (unpaired) electrons. The molecule has 0 N–H and O–H groups in total. The van der Waals surface area contributed by atoms with Crippen LogP contribution >= 0.6 is 0 Å². The molecule has 0 amide bonds.